The summed E-state index contributed by atoms with van der Waals surface area (Å²) in [5.41, 5.74) is 3.42. The number of ether oxygens (including phenoxy) is 1. The molecule has 1 saturated heterocycles. The van der Waals surface area contributed by atoms with Gasteiger partial charge in [0.2, 0.25) is 14.3 Å². The first-order chi connectivity index (χ1) is 20.9. The van der Waals surface area contributed by atoms with Crippen molar-refractivity contribution in [1.82, 2.24) is 19.9 Å². The predicted octanol–water partition coefficient (Wildman–Crippen LogP) is 6.33. The molecule has 1 aliphatic heterocycles. The van der Waals surface area contributed by atoms with Gasteiger partial charge >= 0.3 is 0 Å². The van der Waals surface area contributed by atoms with Gasteiger partial charge in [-0.1, -0.05) is 12.1 Å². The third-order valence-corrected chi connectivity index (χ3v) is 8.99. The van der Waals surface area contributed by atoms with Crippen LogP contribution in [-0.4, -0.2) is 79.6 Å². The molecule has 1 fully saturated rings. The van der Waals surface area contributed by atoms with Crippen LogP contribution in [0.4, 0.5) is 33.2 Å². The van der Waals surface area contributed by atoms with Crippen molar-refractivity contribution in [2.24, 2.45) is 0 Å². The fraction of sp³-hybridized carbons (Fsp3) is 0.419. The first-order valence-corrected chi connectivity index (χ1v) is 15.8. The molecule has 12 heteroatoms. The molecule has 0 radical (unpaired) electrons. The lowest BCUT2D eigenvalue weighted by Gasteiger charge is -2.38. The van der Waals surface area contributed by atoms with Gasteiger partial charge in [0.05, 0.1) is 28.2 Å². The van der Waals surface area contributed by atoms with Crippen molar-refractivity contribution in [1.29, 1.82) is 0 Å². The minimum atomic E-state index is -1.24. The maximum atomic E-state index is 12.9. The van der Waals surface area contributed by atoms with Gasteiger partial charge in [-0.15, -0.1) is 0 Å². The number of piperidine rings is 1. The number of aromatic amines is 1. The molecule has 2 aromatic heterocycles. The van der Waals surface area contributed by atoms with Gasteiger partial charge in [-0.3, -0.25) is 0 Å². The molecular weight excluding hydrogens is 568 g/mol. The van der Waals surface area contributed by atoms with Gasteiger partial charge in [0.1, 0.15) is 23.9 Å². The highest BCUT2D eigenvalue weighted by Gasteiger charge is 2.25. The van der Waals surface area contributed by atoms with E-state index in [1.807, 2.05) is 69.6 Å². The Balaban J connectivity index is 1.39. The summed E-state index contributed by atoms with van der Waals surface area (Å²) >= 11 is 0. The summed E-state index contributed by atoms with van der Waals surface area (Å²) in [7, 11) is 4.05. The van der Waals surface area contributed by atoms with E-state index in [9.17, 15) is 4.39 Å². The second-order valence-electron chi connectivity index (χ2n) is 10.8. The van der Waals surface area contributed by atoms with Gasteiger partial charge in [-0.25, -0.2) is 4.39 Å². The van der Waals surface area contributed by atoms with E-state index >= 15 is 0 Å². The molecule has 43 heavy (non-hydrogen) atoms. The zero-order valence-electron chi connectivity index (χ0n) is 25.4. The summed E-state index contributed by atoms with van der Waals surface area (Å²) < 4.78 is 30.3. The van der Waals surface area contributed by atoms with E-state index in [0.29, 0.717) is 30.0 Å². The number of para-hydroxylation sites is 1. The summed E-state index contributed by atoms with van der Waals surface area (Å²) in [6.07, 6.45) is 3.82. The molecule has 0 saturated carbocycles. The number of hydrogen-bond donors (Lipinski definition) is 3. The highest BCUT2D eigenvalue weighted by molar-refractivity contribution is 7.56. The number of nitrogens with zero attached hydrogens (tertiary/aromatic N) is 4. The Morgan fingerprint density at radius 3 is 2.56 bits per heavy atom. The largest absolute Gasteiger partial charge is 0.489 e. The topological polar surface area (TPSA) is 99.8 Å². The van der Waals surface area contributed by atoms with Crippen molar-refractivity contribution < 1.29 is 18.2 Å². The predicted molar refractivity (Wildman–Crippen MR) is 174 cm³/mol. The fourth-order valence-electron chi connectivity index (χ4n) is 5.42. The normalized spacial score (nSPS) is 14.3. The second-order valence-corrected chi connectivity index (χ2v) is 12.5. The number of nitrogens with one attached hydrogen (secondary N) is 3. The van der Waals surface area contributed by atoms with Gasteiger partial charge in [0.15, 0.2) is 0 Å². The lowest BCUT2D eigenvalue weighted by molar-refractivity contribution is 0.192. The van der Waals surface area contributed by atoms with Crippen LogP contribution in [0, 0.1) is 0 Å². The van der Waals surface area contributed by atoms with E-state index in [0.717, 1.165) is 59.4 Å². The van der Waals surface area contributed by atoms with E-state index in [-0.39, 0.29) is 12.8 Å². The number of benzene rings is 2. The third kappa shape index (κ3) is 7.36. The van der Waals surface area contributed by atoms with Gasteiger partial charge in [0.25, 0.3) is 0 Å². The van der Waals surface area contributed by atoms with Crippen LogP contribution in [0.25, 0.3) is 11.0 Å². The minimum Gasteiger partial charge on any atom is -0.489 e. The Morgan fingerprint density at radius 1 is 1.07 bits per heavy atom. The first kappa shape index (κ1) is 30.9. The lowest BCUT2D eigenvalue weighted by atomic mass is 10.0. The number of halogens is 1. The molecule has 4 aromatic rings. The average Bonchev–Trinajstić information content (AvgIpc) is 3.48. The molecule has 0 unspecified atom stereocenters. The lowest BCUT2D eigenvalue weighted by Crippen LogP contribution is -2.44. The molecule has 5 rings (SSSR count). The Bertz CT molecular complexity index is 1490. The van der Waals surface area contributed by atoms with Gasteiger partial charge in [-0.05, 0) is 64.1 Å². The third-order valence-electron chi connectivity index (χ3n) is 7.55. The van der Waals surface area contributed by atoms with E-state index in [2.05, 4.69) is 31.5 Å². The fourth-order valence-corrected chi connectivity index (χ4v) is 6.50. The molecule has 0 aliphatic carbocycles. The molecule has 3 N–H and O–H groups in total. The van der Waals surface area contributed by atoms with Crippen molar-refractivity contribution in [2.75, 3.05) is 63.1 Å². The van der Waals surface area contributed by atoms with Crippen LogP contribution in [0.2, 0.25) is 0 Å². The number of hydrogen-bond acceptors (Lipinski definition) is 9. The Morgan fingerprint density at radius 2 is 1.84 bits per heavy atom. The summed E-state index contributed by atoms with van der Waals surface area (Å²) in [6, 6.07) is 16.3. The highest BCUT2D eigenvalue weighted by atomic mass is 31.2. The SMILES string of the molecule is COP(OC)c1ccccc1Nc1nc(Nc2ccc(N3CCC(N(C)CCF)CC3)c(OC(C)C)c2)nc2[nH]ccc12. The standard InChI is InChI=1S/C31H41FN7O3P/c1-21(2)42-27-20-22(10-11-26(27)39-17-13-23(14-18-39)38(3)19-15-32)34-31-36-29-24(12-16-33-29)30(37-31)35-25-8-6-7-9-28(25)43(40-4)41-5/h6-12,16,20-21,23H,13-15,17-19H2,1-5H3,(H3,33,34,35,36,37). The molecule has 0 bridgehead atoms. The van der Waals surface area contributed by atoms with Gasteiger partial charge < -0.3 is 39.2 Å². The molecule has 3 heterocycles. The molecule has 2 aromatic carbocycles. The smallest absolute Gasteiger partial charge is 0.231 e. The van der Waals surface area contributed by atoms with Crippen molar-refractivity contribution in [3.63, 3.8) is 0 Å². The van der Waals surface area contributed by atoms with Crippen LogP contribution in [-0.2, 0) is 9.05 Å². The molecule has 230 valence electrons. The van der Waals surface area contributed by atoms with E-state index in [1.165, 1.54) is 0 Å². The summed E-state index contributed by atoms with van der Waals surface area (Å²) in [4.78, 5) is 17.3. The first-order valence-electron chi connectivity index (χ1n) is 14.6. The van der Waals surface area contributed by atoms with E-state index in [4.69, 9.17) is 23.8 Å². The summed E-state index contributed by atoms with van der Waals surface area (Å²) in [6.45, 7) is 6.00. The van der Waals surface area contributed by atoms with Crippen molar-refractivity contribution in [2.45, 2.75) is 38.8 Å². The highest BCUT2D eigenvalue weighted by Crippen LogP contribution is 2.39. The zero-order valence-corrected chi connectivity index (χ0v) is 26.3. The number of fused-ring (bicyclic) bond motifs is 1. The number of H-pyrrole nitrogens is 1. The molecule has 1 aliphatic rings. The van der Waals surface area contributed by atoms with Crippen molar-refractivity contribution in [3.8, 4) is 5.75 Å². The maximum Gasteiger partial charge on any atom is 0.231 e. The number of alkyl halides is 1. The molecule has 0 atom stereocenters. The summed E-state index contributed by atoms with van der Waals surface area (Å²) in [5.74, 6) is 1.89. The average molecular weight is 610 g/mol. The number of anilines is 5. The van der Waals surface area contributed by atoms with Gasteiger partial charge in [0, 0.05) is 57.8 Å². The van der Waals surface area contributed by atoms with Crippen molar-refractivity contribution >= 4 is 53.5 Å². The Kier molecular flexibility index (Phi) is 10.3. The maximum absolute atomic E-state index is 12.9. The van der Waals surface area contributed by atoms with Crippen LogP contribution in [0.5, 0.6) is 5.75 Å². The number of rotatable bonds is 13. The molecule has 10 nitrogen and oxygen atoms in total. The monoisotopic (exact) mass is 609 g/mol. The van der Waals surface area contributed by atoms with Crippen molar-refractivity contribution in [3.05, 3.63) is 54.7 Å². The second kappa shape index (κ2) is 14.3. The van der Waals surface area contributed by atoms with Crippen LogP contribution in [0.3, 0.4) is 0 Å². The van der Waals surface area contributed by atoms with Crippen LogP contribution >= 0.6 is 8.38 Å². The quantitative estimate of drug-likeness (QED) is 0.150. The Labute approximate surface area is 253 Å². The molecule has 0 spiro atoms. The van der Waals surface area contributed by atoms with Crippen LogP contribution in [0.1, 0.15) is 26.7 Å². The van der Waals surface area contributed by atoms with Gasteiger partial charge in [-0.2, -0.15) is 9.97 Å². The summed E-state index contributed by atoms with van der Waals surface area (Å²) in [5, 5.41) is 8.64. The van der Waals surface area contributed by atoms with E-state index in [1.54, 1.807) is 14.2 Å². The Hall–Kier alpha value is -3.50. The number of aromatic nitrogens is 3. The van der Waals surface area contributed by atoms with E-state index < -0.39 is 8.38 Å². The minimum absolute atomic E-state index is 0.00861. The van der Waals surface area contributed by atoms with Crippen LogP contribution in [0.15, 0.2) is 54.7 Å². The van der Waals surface area contributed by atoms with Crippen LogP contribution < -0.4 is 25.6 Å². The zero-order chi connectivity index (χ0) is 30.3. The molecule has 0 amide bonds. The molecular formula is C31H41FN7O3P.